The summed E-state index contributed by atoms with van der Waals surface area (Å²) >= 11 is 2.24. The van der Waals surface area contributed by atoms with Crippen LogP contribution >= 0.6 is 22.6 Å². The smallest absolute Gasteiger partial charge is 0.265 e. The van der Waals surface area contributed by atoms with Gasteiger partial charge in [-0.2, -0.15) is 0 Å². The van der Waals surface area contributed by atoms with Crippen molar-refractivity contribution < 1.29 is 4.92 Å². The number of halogens is 1. The molecule has 2 unspecified atom stereocenters. The molecule has 1 rings (SSSR count). The van der Waals surface area contributed by atoms with Crippen LogP contribution in [-0.2, 0) is 0 Å². The summed E-state index contributed by atoms with van der Waals surface area (Å²) in [6.45, 7) is 3.95. The van der Waals surface area contributed by atoms with E-state index >= 15 is 0 Å². The molecule has 0 aromatic heterocycles. The van der Waals surface area contributed by atoms with Gasteiger partial charge >= 0.3 is 0 Å². The van der Waals surface area contributed by atoms with E-state index in [-0.39, 0.29) is 20.6 Å². The van der Waals surface area contributed by atoms with Crippen LogP contribution < -0.4 is 0 Å². The monoisotopic (exact) mass is 346 g/mol. The van der Waals surface area contributed by atoms with Crippen LogP contribution in [0.2, 0.25) is 0 Å². The summed E-state index contributed by atoms with van der Waals surface area (Å²) in [6, 6.07) is 0. The summed E-state index contributed by atoms with van der Waals surface area (Å²) in [6.07, 6.45) is 9.62. The third-order valence-electron chi connectivity index (χ3n) is 2.34. The van der Waals surface area contributed by atoms with Crippen LogP contribution in [0.15, 0.2) is 41.1 Å². The highest BCUT2D eigenvalue weighted by Gasteiger charge is 2.18. The van der Waals surface area contributed by atoms with Crippen molar-refractivity contribution in [2.75, 3.05) is 0 Å². The number of nitrogens with zero attached hydrogens (tertiary/aromatic N) is 2. The van der Waals surface area contributed by atoms with E-state index in [1.165, 1.54) is 0 Å². The van der Waals surface area contributed by atoms with Gasteiger partial charge in [0.05, 0.1) is 8.97 Å². The molecule has 0 spiro atoms. The van der Waals surface area contributed by atoms with E-state index in [0.29, 0.717) is 6.42 Å². The van der Waals surface area contributed by atoms with Crippen LogP contribution in [0.5, 0.6) is 0 Å². The maximum Gasteiger partial charge on any atom is 0.265 e. The predicted molar refractivity (Wildman–Crippen MR) is 78.1 cm³/mol. The Morgan fingerprint density at radius 3 is 2.88 bits per heavy atom. The number of rotatable bonds is 4. The number of hydrogen-bond acceptors (Lipinski definition) is 3. The lowest BCUT2D eigenvalue weighted by molar-refractivity contribution is -0.419. The van der Waals surface area contributed by atoms with Crippen LogP contribution in [0.3, 0.4) is 0 Å². The maximum absolute atomic E-state index is 10.6. The molecule has 0 bridgehead atoms. The second kappa shape index (κ2) is 6.68. The van der Waals surface area contributed by atoms with Gasteiger partial charge in [0.1, 0.15) is 0 Å². The number of aliphatic imine (C=N–C) groups is 1. The summed E-state index contributed by atoms with van der Waals surface area (Å²) in [7, 11) is 0. The van der Waals surface area contributed by atoms with Crippen LogP contribution in [0.25, 0.3) is 0 Å². The van der Waals surface area contributed by atoms with Gasteiger partial charge in [0.2, 0.25) is 0 Å². The molecule has 1 aliphatic carbocycles. The number of allylic oxidation sites excluding steroid dienone is 5. The summed E-state index contributed by atoms with van der Waals surface area (Å²) in [5, 5.41) is 10.6. The summed E-state index contributed by atoms with van der Waals surface area (Å²) in [4.78, 5) is 14.7. The zero-order valence-corrected chi connectivity index (χ0v) is 12.0. The van der Waals surface area contributed by atoms with Crippen LogP contribution in [0, 0.1) is 16.0 Å². The Morgan fingerprint density at radius 2 is 2.47 bits per heavy atom. The molecule has 2 atom stereocenters. The van der Waals surface area contributed by atoms with Crippen molar-refractivity contribution in [3.63, 3.8) is 0 Å². The van der Waals surface area contributed by atoms with Crippen LogP contribution in [0.4, 0.5) is 0 Å². The lowest BCUT2D eigenvalue weighted by atomic mass is 9.94. The van der Waals surface area contributed by atoms with Crippen molar-refractivity contribution in [1.29, 1.82) is 0 Å². The molecule has 17 heavy (non-hydrogen) atoms. The largest absolute Gasteiger partial charge is 0.276 e. The number of hydrogen-bond donors (Lipinski definition) is 0. The molecule has 0 aromatic carbocycles. The summed E-state index contributed by atoms with van der Waals surface area (Å²) in [5.74, 6) is 0.145. The molecule has 0 amide bonds. The first-order valence-corrected chi connectivity index (χ1v) is 6.66. The van der Waals surface area contributed by atoms with E-state index in [1.807, 2.05) is 32.1 Å². The molecule has 0 heterocycles. The fraction of sp³-hybridized carbons (Fsp3) is 0.417. The lowest BCUT2D eigenvalue weighted by Crippen LogP contribution is -2.14. The second-order valence-electron chi connectivity index (χ2n) is 3.72. The Bertz CT molecular complexity index is 409. The molecule has 0 saturated heterocycles. The van der Waals surface area contributed by atoms with Crippen molar-refractivity contribution in [1.82, 2.24) is 0 Å². The third kappa shape index (κ3) is 4.41. The molecule has 92 valence electrons. The Labute approximate surface area is 114 Å². The number of nitro groups is 1. The third-order valence-corrected chi connectivity index (χ3v) is 2.61. The molecular weight excluding hydrogens is 331 g/mol. The summed E-state index contributed by atoms with van der Waals surface area (Å²) in [5.41, 5.74) is 1.15. The van der Waals surface area contributed by atoms with Gasteiger partial charge in [-0.25, -0.2) is 0 Å². The van der Waals surface area contributed by atoms with E-state index in [2.05, 4.69) is 27.6 Å². The van der Waals surface area contributed by atoms with Gasteiger partial charge in [-0.3, -0.25) is 15.1 Å². The molecule has 4 nitrogen and oxygen atoms in total. The SMILES string of the molecule is C/C=C\C(=NC(C)I)C1C=CC([N+](=O)[O-])=CC1. The van der Waals surface area contributed by atoms with Gasteiger partial charge < -0.3 is 0 Å². The second-order valence-corrected chi connectivity index (χ2v) is 5.52. The molecule has 0 saturated carbocycles. The molecule has 0 aromatic rings. The maximum atomic E-state index is 10.6. The first kappa shape index (κ1) is 14.1. The van der Waals surface area contributed by atoms with Crippen molar-refractivity contribution in [3.05, 3.63) is 46.2 Å². The number of alkyl halides is 1. The van der Waals surface area contributed by atoms with Crippen LogP contribution in [-0.4, -0.2) is 14.7 Å². The molecule has 0 aliphatic heterocycles. The Kier molecular flexibility index (Phi) is 5.54. The van der Waals surface area contributed by atoms with Gasteiger partial charge in [0.25, 0.3) is 5.70 Å². The van der Waals surface area contributed by atoms with Crippen LogP contribution in [0.1, 0.15) is 20.3 Å². The Morgan fingerprint density at radius 1 is 1.76 bits per heavy atom. The Hall–Kier alpha value is -0.980. The average Bonchev–Trinajstić information content (AvgIpc) is 2.28. The summed E-state index contributed by atoms with van der Waals surface area (Å²) < 4.78 is 0.202. The predicted octanol–water partition coefficient (Wildman–Crippen LogP) is 3.52. The van der Waals surface area contributed by atoms with Crippen molar-refractivity contribution >= 4 is 28.3 Å². The van der Waals surface area contributed by atoms with Crippen molar-refractivity contribution in [2.45, 2.75) is 24.3 Å². The normalized spacial score (nSPS) is 22.6. The highest BCUT2D eigenvalue weighted by molar-refractivity contribution is 14.1. The molecule has 1 aliphatic rings. The first-order valence-electron chi connectivity index (χ1n) is 5.41. The molecule has 5 heteroatoms. The topological polar surface area (TPSA) is 55.5 Å². The van der Waals surface area contributed by atoms with Gasteiger partial charge in [0.15, 0.2) is 0 Å². The van der Waals surface area contributed by atoms with E-state index in [9.17, 15) is 10.1 Å². The molecular formula is C12H15IN2O2. The molecule has 0 radical (unpaired) electrons. The minimum absolute atomic E-state index is 0.145. The molecule has 0 N–H and O–H groups in total. The van der Waals surface area contributed by atoms with E-state index in [4.69, 9.17) is 0 Å². The first-order chi connectivity index (χ1) is 8.04. The zero-order valence-electron chi connectivity index (χ0n) is 9.84. The van der Waals surface area contributed by atoms with Gasteiger partial charge in [-0.15, -0.1) is 0 Å². The van der Waals surface area contributed by atoms with E-state index < -0.39 is 0 Å². The highest BCUT2D eigenvalue weighted by atomic mass is 127. The molecule has 0 fully saturated rings. The Balaban J connectivity index is 2.82. The van der Waals surface area contributed by atoms with Gasteiger partial charge in [-0.05, 0) is 32.4 Å². The average molecular weight is 346 g/mol. The van der Waals surface area contributed by atoms with E-state index in [1.54, 1.807) is 12.2 Å². The zero-order chi connectivity index (χ0) is 12.8. The fourth-order valence-electron chi connectivity index (χ4n) is 1.60. The highest BCUT2D eigenvalue weighted by Crippen LogP contribution is 2.20. The quantitative estimate of drug-likeness (QED) is 0.195. The standard InChI is InChI=1S/C12H15IN2O2/c1-3-4-12(14-9(2)13)10-5-7-11(8-6-10)15(16)17/h3-5,7-10H,6H2,1-2H3/b4-3-,14-12?. The van der Waals surface area contributed by atoms with Crippen molar-refractivity contribution in [2.24, 2.45) is 10.9 Å². The fourth-order valence-corrected chi connectivity index (χ4v) is 1.92. The minimum atomic E-state index is -0.361. The van der Waals surface area contributed by atoms with Crippen molar-refractivity contribution in [3.8, 4) is 0 Å². The van der Waals surface area contributed by atoms with Gasteiger partial charge in [-0.1, -0.05) is 34.7 Å². The minimum Gasteiger partial charge on any atom is -0.276 e. The van der Waals surface area contributed by atoms with Gasteiger partial charge in [0, 0.05) is 17.7 Å². The van der Waals surface area contributed by atoms with E-state index in [0.717, 1.165) is 5.71 Å². The lowest BCUT2D eigenvalue weighted by Gasteiger charge is -2.14.